The minimum absolute atomic E-state index is 0.00270. The lowest BCUT2D eigenvalue weighted by Gasteiger charge is -2.47. The molecule has 1 amide bonds. The standard InChI is InChI=1S/C20H25N5O4/c1-20(2,3)29-19(27)25-15-6-13(7-16(25)11-28-10-15)17(26)14-8-22-18(23-9-14)24-5-4-21-12-24/h4-5,8-9,12-13,15-16H,6-7,10-11H2,1-3H3. The second-order valence-corrected chi connectivity index (χ2v) is 8.51. The predicted molar refractivity (Wildman–Crippen MR) is 103 cm³/mol. The Labute approximate surface area is 169 Å². The number of Topliss-reactive ketones (excluding diaryl/α,β-unsaturated/α-hetero) is 1. The van der Waals surface area contributed by atoms with Crippen molar-refractivity contribution in [2.24, 2.45) is 5.92 Å². The third-order valence-electron chi connectivity index (χ3n) is 5.15. The van der Waals surface area contributed by atoms with E-state index in [1.54, 1.807) is 40.6 Å². The SMILES string of the molecule is CC(C)(C)OC(=O)N1C2COCC1CC(C(=O)c1cnc(-n3ccnc3)nc1)C2. The van der Waals surface area contributed by atoms with Crippen LogP contribution in [0.5, 0.6) is 0 Å². The van der Waals surface area contributed by atoms with Crippen molar-refractivity contribution >= 4 is 11.9 Å². The van der Waals surface area contributed by atoms with Crippen LogP contribution in [0, 0.1) is 5.92 Å². The first-order chi connectivity index (χ1) is 13.8. The van der Waals surface area contributed by atoms with E-state index in [0.717, 1.165) is 0 Å². The lowest BCUT2D eigenvalue weighted by atomic mass is 9.81. The van der Waals surface area contributed by atoms with Crippen molar-refractivity contribution in [2.45, 2.75) is 51.3 Å². The molecule has 2 unspecified atom stereocenters. The molecule has 9 nitrogen and oxygen atoms in total. The summed E-state index contributed by atoms with van der Waals surface area (Å²) in [6.07, 6.45) is 8.83. The van der Waals surface area contributed by atoms with Gasteiger partial charge < -0.3 is 9.47 Å². The molecule has 4 heterocycles. The van der Waals surface area contributed by atoms with Crippen LogP contribution in [0.3, 0.4) is 0 Å². The summed E-state index contributed by atoms with van der Waals surface area (Å²) in [4.78, 5) is 40.0. The van der Waals surface area contributed by atoms with E-state index in [0.29, 0.717) is 37.6 Å². The number of carbonyl (C=O) groups is 2. The monoisotopic (exact) mass is 399 g/mol. The summed E-state index contributed by atoms with van der Waals surface area (Å²) in [5, 5.41) is 0. The molecule has 0 aliphatic carbocycles. The molecule has 4 rings (SSSR count). The van der Waals surface area contributed by atoms with Crippen molar-refractivity contribution in [3.8, 4) is 5.95 Å². The number of hydrogen-bond acceptors (Lipinski definition) is 7. The van der Waals surface area contributed by atoms with Crippen LogP contribution in [0.2, 0.25) is 0 Å². The van der Waals surface area contributed by atoms with E-state index in [-0.39, 0.29) is 29.9 Å². The van der Waals surface area contributed by atoms with Gasteiger partial charge in [-0.05, 0) is 33.6 Å². The highest BCUT2D eigenvalue weighted by Crippen LogP contribution is 2.34. The first kappa shape index (κ1) is 19.5. The first-order valence-corrected chi connectivity index (χ1v) is 9.75. The highest BCUT2D eigenvalue weighted by Gasteiger charge is 2.45. The van der Waals surface area contributed by atoms with Gasteiger partial charge in [-0.1, -0.05) is 0 Å². The third-order valence-corrected chi connectivity index (χ3v) is 5.15. The molecule has 9 heteroatoms. The molecular formula is C20H25N5O4. The van der Waals surface area contributed by atoms with Gasteiger partial charge in [0, 0.05) is 30.7 Å². The zero-order chi connectivity index (χ0) is 20.6. The molecule has 0 radical (unpaired) electrons. The molecule has 0 N–H and O–H groups in total. The second-order valence-electron chi connectivity index (χ2n) is 8.51. The third kappa shape index (κ3) is 4.14. The van der Waals surface area contributed by atoms with Gasteiger partial charge in [-0.15, -0.1) is 0 Å². The number of ketones is 1. The van der Waals surface area contributed by atoms with Crippen LogP contribution in [0.15, 0.2) is 31.1 Å². The maximum Gasteiger partial charge on any atom is 0.410 e. The fourth-order valence-electron chi connectivity index (χ4n) is 3.94. The van der Waals surface area contributed by atoms with Crippen LogP contribution in [0.1, 0.15) is 44.0 Å². The Morgan fingerprint density at radius 2 is 1.79 bits per heavy atom. The van der Waals surface area contributed by atoms with Crippen molar-refractivity contribution in [1.82, 2.24) is 24.4 Å². The van der Waals surface area contributed by atoms with Crippen LogP contribution in [-0.4, -0.2) is 67.2 Å². The quantitative estimate of drug-likeness (QED) is 0.730. The van der Waals surface area contributed by atoms with Crippen molar-refractivity contribution in [1.29, 1.82) is 0 Å². The van der Waals surface area contributed by atoms with Gasteiger partial charge in [-0.2, -0.15) is 0 Å². The van der Waals surface area contributed by atoms with Crippen LogP contribution in [0.25, 0.3) is 5.95 Å². The minimum Gasteiger partial charge on any atom is -0.444 e. The van der Waals surface area contributed by atoms with Gasteiger partial charge in [0.15, 0.2) is 5.78 Å². The number of hydrogen-bond donors (Lipinski definition) is 0. The number of piperidine rings is 1. The summed E-state index contributed by atoms with van der Waals surface area (Å²) in [7, 11) is 0. The second kappa shape index (κ2) is 7.55. The summed E-state index contributed by atoms with van der Waals surface area (Å²) in [6.45, 7) is 6.37. The Kier molecular flexibility index (Phi) is 5.08. The Balaban J connectivity index is 1.47. The Morgan fingerprint density at radius 3 is 2.34 bits per heavy atom. The average Bonchev–Trinajstić information content (AvgIpc) is 3.20. The van der Waals surface area contributed by atoms with E-state index in [2.05, 4.69) is 15.0 Å². The molecule has 2 aliphatic heterocycles. The molecule has 2 aliphatic rings. The fraction of sp³-hybridized carbons (Fsp3) is 0.550. The molecule has 2 aromatic heterocycles. The number of rotatable bonds is 3. The highest BCUT2D eigenvalue weighted by molar-refractivity contribution is 5.97. The largest absolute Gasteiger partial charge is 0.444 e. The topological polar surface area (TPSA) is 99.4 Å². The molecule has 0 saturated carbocycles. The molecule has 154 valence electrons. The fourth-order valence-corrected chi connectivity index (χ4v) is 3.94. The number of nitrogens with zero attached hydrogens (tertiary/aromatic N) is 5. The normalized spacial score (nSPS) is 24.2. The zero-order valence-corrected chi connectivity index (χ0v) is 16.8. The van der Waals surface area contributed by atoms with Gasteiger partial charge in [-0.25, -0.2) is 19.7 Å². The average molecular weight is 399 g/mol. The Hall–Kier alpha value is -2.81. The van der Waals surface area contributed by atoms with Crippen molar-refractivity contribution in [3.05, 3.63) is 36.7 Å². The Bertz CT molecular complexity index is 861. The van der Waals surface area contributed by atoms with Crippen molar-refractivity contribution in [3.63, 3.8) is 0 Å². The number of amides is 1. The summed E-state index contributed by atoms with van der Waals surface area (Å²) < 4.78 is 12.9. The van der Waals surface area contributed by atoms with E-state index in [9.17, 15) is 9.59 Å². The summed E-state index contributed by atoms with van der Waals surface area (Å²) in [5.41, 5.74) is -0.0867. The number of aromatic nitrogens is 4. The predicted octanol–water partition coefficient (Wildman–Crippen LogP) is 2.26. The molecule has 2 aromatic rings. The van der Waals surface area contributed by atoms with E-state index < -0.39 is 5.60 Å². The van der Waals surface area contributed by atoms with Crippen LogP contribution in [0.4, 0.5) is 4.79 Å². The summed E-state index contributed by atoms with van der Waals surface area (Å²) in [5.74, 6) is 0.266. The molecule has 0 aromatic carbocycles. The number of fused-ring (bicyclic) bond motifs is 2. The zero-order valence-electron chi connectivity index (χ0n) is 16.8. The van der Waals surface area contributed by atoms with Crippen molar-refractivity contribution < 1.29 is 19.1 Å². The maximum atomic E-state index is 13.1. The number of morpholine rings is 1. The molecule has 2 bridgehead atoms. The van der Waals surface area contributed by atoms with Gasteiger partial charge in [-0.3, -0.25) is 14.3 Å². The highest BCUT2D eigenvalue weighted by atomic mass is 16.6. The number of carbonyl (C=O) groups excluding carboxylic acids is 2. The Morgan fingerprint density at radius 1 is 1.14 bits per heavy atom. The van der Waals surface area contributed by atoms with E-state index in [1.807, 2.05) is 20.8 Å². The first-order valence-electron chi connectivity index (χ1n) is 9.75. The summed E-state index contributed by atoms with van der Waals surface area (Å²) >= 11 is 0. The van der Waals surface area contributed by atoms with Crippen LogP contribution in [-0.2, 0) is 9.47 Å². The van der Waals surface area contributed by atoms with Crippen LogP contribution >= 0.6 is 0 Å². The van der Waals surface area contributed by atoms with Gasteiger partial charge >= 0.3 is 6.09 Å². The lowest BCUT2D eigenvalue weighted by molar-refractivity contribution is -0.0861. The lowest BCUT2D eigenvalue weighted by Crippen LogP contribution is -2.60. The van der Waals surface area contributed by atoms with Gasteiger partial charge in [0.25, 0.3) is 0 Å². The minimum atomic E-state index is -0.562. The molecule has 2 saturated heterocycles. The number of imidazole rings is 1. The van der Waals surface area contributed by atoms with Gasteiger partial charge in [0.05, 0.1) is 30.9 Å². The van der Waals surface area contributed by atoms with Crippen LogP contribution < -0.4 is 0 Å². The summed E-state index contributed by atoms with van der Waals surface area (Å²) in [6, 6.07) is -0.338. The molecule has 0 spiro atoms. The molecule has 2 fully saturated rings. The van der Waals surface area contributed by atoms with E-state index in [4.69, 9.17) is 9.47 Å². The number of ether oxygens (including phenoxy) is 2. The van der Waals surface area contributed by atoms with Gasteiger partial charge in [0.2, 0.25) is 5.95 Å². The van der Waals surface area contributed by atoms with E-state index in [1.165, 1.54) is 0 Å². The van der Waals surface area contributed by atoms with E-state index >= 15 is 0 Å². The van der Waals surface area contributed by atoms with Crippen molar-refractivity contribution in [2.75, 3.05) is 13.2 Å². The maximum absolute atomic E-state index is 13.1. The smallest absolute Gasteiger partial charge is 0.410 e. The van der Waals surface area contributed by atoms with Gasteiger partial charge in [0.1, 0.15) is 11.9 Å². The molecule has 2 atom stereocenters. The molecule has 29 heavy (non-hydrogen) atoms. The molecular weight excluding hydrogens is 374 g/mol.